The topological polar surface area (TPSA) is 65.5 Å². The van der Waals surface area contributed by atoms with Crippen LogP contribution in [0.4, 0.5) is 18.0 Å². The van der Waals surface area contributed by atoms with Crippen LogP contribution >= 0.6 is 0 Å². The molecule has 8 heteroatoms. The molecule has 122 valence electrons. The van der Waals surface area contributed by atoms with Crippen molar-refractivity contribution in [1.29, 1.82) is 0 Å². The molecule has 2 rings (SSSR count). The molecule has 0 radical (unpaired) electrons. The molecule has 0 unspecified atom stereocenters. The summed E-state index contributed by atoms with van der Waals surface area (Å²) in [4.78, 5) is 16.2. The van der Waals surface area contributed by atoms with Crippen LogP contribution in [-0.2, 0) is 6.18 Å². The Morgan fingerprint density at radius 1 is 1.36 bits per heavy atom. The minimum absolute atomic E-state index is 0.0194. The standard InChI is InChI=1S/C14H18F3N3O2/c15-14(16,17)12-3-1-2-11(19-12)10-4-7-20(8-5-10)9-6-18-13(21)22/h1-3,10,18H,4-9H2,(H,21,22). The Kier molecular flexibility index (Phi) is 5.23. The number of likely N-dealkylation sites (tertiary alicyclic amines) is 1. The van der Waals surface area contributed by atoms with Crippen LogP contribution in [0.15, 0.2) is 18.2 Å². The fourth-order valence-corrected chi connectivity index (χ4v) is 2.61. The van der Waals surface area contributed by atoms with Gasteiger partial charge in [-0.15, -0.1) is 0 Å². The van der Waals surface area contributed by atoms with Crippen molar-refractivity contribution >= 4 is 6.09 Å². The highest BCUT2D eigenvalue weighted by Crippen LogP contribution is 2.31. The molecule has 1 aromatic rings. The molecule has 1 aromatic heterocycles. The van der Waals surface area contributed by atoms with Gasteiger partial charge < -0.3 is 15.3 Å². The molecule has 0 bridgehead atoms. The van der Waals surface area contributed by atoms with E-state index in [1.165, 1.54) is 6.07 Å². The summed E-state index contributed by atoms with van der Waals surface area (Å²) < 4.78 is 38.0. The maximum atomic E-state index is 12.7. The van der Waals surface area contributed by atoms with Gasteiger partial charge in [0.25, 0.3) is 0 Å². The smallest absolute Gasteiger partial charge is 0.433 e. The van der Waals surface area contributed by atoms with Crippen LogP contribution in [0.3, 0.4) is 0 Å². The van der Waals surface area contributed by atoms with Crippen molar-refractivity contribution < 1.29 is 23.1 Å². The molecule has 0 saturated carbocycles. The maximum Gasteiger partial charge on any atom is 0.433 e. The normalized spacial score (nSPS) is 17.4. The van der Waals surface area contributed by atoms with Crippen LogP contribution < -0.4 is 5.32 Å². The molecule has 1 saturated heterocycles. The number of nitrogens with zero attached hydrogens (tertiary/aromatic N) is 2. The first kappa shape index (κ1) is 16.5. The molecule has 0 aromatic carbocycles. The first-order valence-electron chi connectivity index (χ1n) is 7.09. The largest absolute Gasteiger partial charge is 0.465 e. The molecular weight excluding hydrogens is 299 g/mol. The Morgan fingerprint density at radius 3 is 2.64 bits per heavy atom. The number of hydrogen-bond acceptors (Lipinski definition) is 3. The lowest BCUT2D eigenvalue weighted by molar-refractivity contribution is -0.141. The van der Waals surface area contributed by atoms with E-state index in [-0.39, 0.29) is 5.92 Å². The van der Waals surface area contributed by atoms with Crippen LogP contribution in [0.25, 0.3) is 0 Å². The molecular formula is C14H18F3N3O2. The predicted molar refractivity (Wildman–Crippen MR) is 73.7 cm³/mol. The number of carboxylic acid groups (broad SMARTS) is 1. The maximum absolute atomic E-state index is 12.7. The molecule has 0 atom stereocenters. The summed E-state index contributed by atoms with van der Waals surface area (Å²) in [5.41, 5.74) is -0.365. The summed E-state index contributed by atoms with van der Waals surface area (Å²) in [6.07, 6.45) is -4.02. The van der Waals surface area contributed by atoms with E-state index in [1.807, 2.05) is 0 Å². The number of alkyl halides is 3. The van der Waals surface area contributed by atoms with Gasteiger partial charge in [-0.1, -0.05) is 6.07 Å². The zero-order valence-corrected chi connectivity index (χ0v) is 11.9. The summed E-state index contributed by atoms with van der Waals surface area (Å²) in [5, 5.41) is 10.8. The lowest BCUT2D eigenvalue weighted by atomic mass is 9.93. The molecule has 0 spiro atoms. The highest BCUT2D eigenvalue weighted by Gasteiger charge is 2.33. The second-order valence-corrected chi connectivity index (χ2v) is 5.29. The van der Waals surface area contributed by atoms with Crippen molar-refractivity contribution in [2.45, 2.75) is 24.9 Å². The number of amides is 1. The van der Waals surface area contributed by atoms with Crippen molar-refractivity contribution in [1.82, 2.24) is 15.2 Å². The van der Waals surface area contributed by atoms with Gasteiger partial charge in [-0.3, -0.25) is 0 Å². The molecule has 2 heterocycles. The third-order valence-corrected chi connectivity index (χ3v) is 3.77. The van der Waals surface area contributed by atoms with Crippen LogP contribution in [0.2, 0.25) is 0 Å². The van der Waals surface area contributed by atoms with Gasteiger partial charge in [0.1, 0.15) is 5.69 Å². The summed E-state index contributed by atoms with van der Waals surface area (Å²) in [6.45, 7) is 2.41. The van der Waals surface area contributed by atoms with E-state index >= 15 is 0 Å². The van der Waals surface area contributed by atoms with Crippen LogP contribution in [0, 0.1) is 0 Å². The number of piperidine rings is 1. The average molecular weight is 317 g/mol. The van der Waals surface area contributed by atoms with E-state index < -0.39 is 18.0 Å². The highest BCUT2D eigenvalue weighted by molar-refractivity contribution is 5.64. The SMILES string of the molecule is O=C(O)NCCN1CCC(c2cccc(C(F)(F)F)n2)CC1. The van der Waals surface area contributed by atoms with Gasteiger partial charge in [0, 0.05) is 24.7 Å². The second-order valence-electron chi connectivity index (χ2n) is 5.29. The third-order valence-electron chi connectivity index (χ3n) is 3.77. The van der Waals surface area contributed by atoms with Gasteiger partial charge in [0.15, 0.2) is 0 Å². The molecule has 1 amide bonds. The summed E-state index contributed by atoms with van der Waals surface area (Å²) in [5.74, 6) is 0.0194. The number of carbonyl (C=O) groups is 1. The van der Waals surface area contributed by atoms with Gasteiger partial charge in [0.2, 0.25) is 0 Å². The molecule has 2 N–H and O–H groups in total. The quantitative estimate of drug-likeness (QED) is 0.896. The minimum Gasteiger partial charge on any atom is -0.465 e. The minimum atomic E-state index is -4.42. The number of pyridine rings is 1. The fourth-order valence-electron chi connectivity index (χ4n) is 2.61. The highest BCUT2D eigenvalue weighted by atomic mass is 19.4. The first-order chi connectivity index (χ1) is 10.4. The first-order valence-corrected chi connectivity index (χ1v) is 7.09. The molecule has 22 heavy (non-hydrogen) atoms. The summed E-state index contributed by atoms with van der Waals surface area (Å²) in [7, 11) is 0. The second kappa shape index (κ2) is 6.95. The van der Waals surface area contributed by atoms with Gasteiger partial charge >= 0.3 is 12.3 Å². The Labute approximate surface area is 126 Å². The summed E-state index contributed by atoms with van der Waals surface area (Å²) in [6, 6.07) is 4.02. The van der Waals surface area contributed by atoms with Crippen LogP contribution in [0.5, 0.6) is 0 Å². The van der Waals surface area contributed by atoms with Gasteiger partial charge in [-0.05, 0) is 38.1 Å². The molecule has 1 aliphatic heterocycles. The lowest BCUT2D eigenvalue weighted by Gasteiger charge is -2.31. The average Bonchev–Trinajstić information content (AvgIpc) is 2.47. The summed E-state index contributed by atoms with van der Waals surface area (Å²) >= 11 is 0. The van der Waals surface area contributed by atoms with Crippen LogP contribution in [-0.4, -0.2) is 47.3 Å². The number of aromatic nitrogens is 1. The van der Waals surface area contributed by atoms with Crippen molar-refractivity contribution in [3.63, 3.8) is 0 Å². The van der Waals surface area contributed by atoms with Crippen molar-refractivity contribution in [3.8, 4) is 0 Å². The van der Waals surface area contributed by atoms with Crippen molar-refractivity contribution in [3.05, 3.63) is 29.6 Å². The predicted octanol–water partition coefficient (Wildman–Crippen LogP) is 2.55. The van der Waals surface area contributed by atoms with Crippen molar-refractivity contribution in [2.75, 3.05) is 26.2 Å². The van der Waals surface area contributed by atoms with E-state index in [0.29, 0.717) is 18.8 Å². The molecule has 5 nitrogen and oxygen atoms in total. The Morgan fingerprint density at radius 2 is 2.05 bits per heavy atom. The number of nitrogens with one attached hydrogen (secondary N) is 1. The zero-order valence-electron chi connectivity index (χ0n) is 11.9. The Hall–Kier alpha value is -1.83. The van der Waals surface area contributed by atoms with E-state index in [4.69, 9.17) is 5.11 Å². The molecule has 1 fully saturated rings. The number of halogens is 3. The van der Waals surface area contributed by atoms with Crippen molar-refractivity contribution in [2.24, 2.45) is 0 Å². The van der Waals surface area contributed by atoms with Gasteiger partial charge in [0.05, 0.1) is 0 Å². The fraction of sp³-hybridized carbons (Fsp3) is 0.571. The zero-order chi connectivity index (χ0) is 16.2. The monoisotopic (exact) mass is 317 g/mol. The molecule has 1 aliphatic rings. The van der Waals surface area contributed by atoms with Gasteiger partial charge in [-0.2, -0.15) is 13.2 Å². The number of rotatable bonds is 4. The van der Waals surface area contributed by atoms with E-state index in [0.717, 1.165) is 32.0 Å². The number of hydrogen-bond donors (Lipinski definition) is 2. The lowest BCUT2D eigenvalue weighted by Crippen LogP contribution is -2.39. The van der Waals surface area contributed by atoms with Crippen LogP contribution in [0.1, 0.15) is 30.1 Å². The van der Waals surface area contributed by atoms with E-state index in [2.05, 4.69) is 15.2 Å². The van der Waals surface area contributed by atoms with E-state index in [1.54, 1.807) is 6.07 Å². The molecule has 0 aliphatic carbocycles. The third kappa shape index (κ3) is 4.59. The van der Waals surface area contributed by atoms with Gasteiger partial charge in [-0.25, -0.2) is 9.78 Å². The Bertz CT molecular complexity index is 514. The Balaban J connectivity index is 1.88. The van der Waals surface area contributed by atoms with E-state index in [9.17, 15) is 18.0 Å².